The van der Waals surface area contributed by atoms with Gasteiger partial charge < -0.3 is 4.98 Å². The number of nitrogens with zero attached hydrogens (tertiary/aromatic N) is 1. The Kier molecular flexibility index (Phi) is 1.43. The highest BCUT2D eigenvalue weighted by Gasteiger charge is 1.83. The first-order valence-electron chi connectivity index (χ1n) is 2.41. The largest absolute Gasteiger partial charge is 0.353 e. The number of aromatic nitrogens is 2. The Bertz CT molecular complexity index is 125. The third-order valence-electron chi connectivity index (χ3n) is 0.890. The van der Waals surface area contributed by atoms with E-state index in [0.29, 0.717) is 0 Å². The van der Waals surface area contributed by atoms with Crippen molar-refractivity contribution in [2.45, 2.75) is 0 Å². The van der Waals surface area contributed by atoms with Crippen molar-refractivity contribution in [2.75, 3.05) is 0 Å². The topological polar surface area (TPSA) is 28.7 Å². The van der Waals surface area contributed by atoms with Crippen molar-refractivity contribution in [3.8, 4) is 0 Å². The number of hydrogen-bond donors (Lipinski definition) is 1. The Hall–Kier alpha value is -0.356. The first-order valence-corrected chi connectivity index (χ1v) is 8.78. The molecule has 0 bridgehead atoms. The zero-order chi connectivity index (χ0) is 5.11. The van der Waals surface area contributed by atoms with Crippen LogP contribution < -0.4 is 5.45 Å². The van der Waals surface area contributed by atoms with Gasteiger partial charge in [0.15, 0.2) is 0 Å². The zero-order valence-electron chi connectivity index (χ0n) is 4.31. The van der Waals surface area contributed by atoms with E-state index in [9.17, 15) is 0 Å². The van der Waals surface area contributed by atoms with Crippen molar-refractivity contribution in [1.29, 1.82) is 0 Å². The van der Waals surface area contributed by atoms with Crippen LogP contribution in [-0.2, 0) is 0 Å². The fourth-order valence-corrected chi connectivity index (χ4v) is 2.26. The van der Waals surface area contributed by atoms with Gasteiger partial charge in [0, 0.05) is 22.2 Å². The van der Waals surface area contributed by atoms with Crippen LogP contribution in [0.4, 0.5) is 0 Å². The van der Waals surface area contributed by atoms with E-state index >= 15 is 0 Å². The molecule has 0 saturated heterocycles. The Morgan fingerprint density at radius 3 is 3.00 bits per heavy atom. The van der Waals surface area contributed by atoms with Crippen LogP contribution in [0, 0.1) is 0 Å². The zero-order valence-corrected chi connectivity index (χ0v) is 7.72. The van der Waals surface area contributed by atoms with Crippen molar-refractivity contribution < 1.29 is 0 Å². The molecule has 0 aromatic carbocycles. The van der Waals surface area contributed by atoms with Crippen LogP contribution in [0.25, 0.3) is 0 Å². The summed E-state index contributed by atoms with van der Waals surface area (Å²) in [7, 11) is 1.44. The first kappa shape index (κ1) is 4.79. The lowest BCUT2D eigenvalue weighted by atomic mass is 11.0. The Labute approximate surface area is 47.4 Å². The highest BCUT2D eigenvalue weighted by molar-refractivity contribution is 6.96. The Balaban J connectivity index is 2.76. The highest BCUT2D eigenvalue weighted by atomic mass is 29.1. The van der Waals surface area contributed by atoms with Crippen molar-refractivity contribution >= 4 is 24.2 Å². The standard InChI is InChI=1S/C3H8N2Si2/c6-7-3-4-1-2-5-3/h1-2H,7H2,6H3,(H,4,5). The summed E-state index contributed by atoms with van der Waals surface area (Å²) in [4.78, 5) is 7.15. The lowest BCUT2D eigenvalue weighted by molar-refractivity contribution is 1.40. The molecular formula is C3H8N2Si2. The summed E-state index contributed by atoms with van der Waals surface area (Å²) in [5.41, 5.74) is 1.26. The molecule has 0 saturated carbocycles. The van der Waals surface area contributed by atoms with E-state index in [1.54, 1.807) is 0 Å². The van der Waals surface area contributed by atoms with Gasteiger partial charge in [-0.15, -0.1) is 0 Å². The highest BCUT2D eigenvalue weighted by Crippen LogP contribution is 1.62. The van der Waals surface area contributed by atoms with Gasteiger partial charge in [-0.2, -0.15) is 0 Å². The quantitative estimate of drug-likeness (QED) is 0.416. The maximum atomic E-state index is 4.08. The van der Waals surface area contributed by atoms with Crippen molar-refractivity contribution in [3.63, 3.8) is 0 Å². The normalized spacial score (nSPS) is 11.4. The second kappa shape index (κ2) is 2.08. The second-order valence-electron chi connectivity index (χ2n) is 1.39. The van der Waals surface area contributed by atoms with Crippen LogP contribution in [0.2, 0.25) is 0 Å². The summed E-state index contributed by atoms with van der Waals surface area (Å²) in [6.07, 6.45) is 3.71. The number of aromatic amines is 1. The average molecular weight is 128 g/mol. The fourth-order valence-electron chi connectivity index (χ4n) is 0.491. The summed E-state index contributed by atoms with van der Waals surface area (Å²) in [5, 5.41) is 0. The molecule has 0 amide bonds. The minimum atomic E-state index is 0.106. The number of H-pyrrole nitrogens is 1. The van der Waals surface area contributed by atoms with Gasteiger partial charge >= 0.3 is 0 Å². The molecule has 0 aliphatic carbocycles. The van der Waals surface area contributed by atoms with E-state index in [1.807, 2.05) is 12.4 Å². The summed E-state index contributed by atoms with van der Waals surface area (Å²) < 4.78 is 0. The van der Waals surface area contributed by atoms with Gasteiger partial charge in [-0.3, -0.25) is 0 Å². The molecule has 0 spiro atoms. The predicted molar refractivity (Wildman–Crippen MR) is 36.7 cm³/mol. The maximum absolute atomic E-state index is 4.08. The van der Waals surface area contributed by atoms with Crippen LogP contribution in [0.15, 0.2) is 12.4 Å². The van der Waals surface area contributed by atoms with E-state index in [0.717, 1.165) is 0 Å². The first-order chi connectivity index (χ1) is 3.43. The summed E-state index contributed by atoms with van der Waals surface area (Å²) >= 11 is 0. The minimum absolute atomic E-state index is 0.106. The molecule has 0 fully saturated rings. The van der Waals surface area contributed by atoms with Gasteiger partial charge in [-0.05, 0) is 0 Å². The molecule has 0 aliphatic heterocycles. The van der Waals surface area contributed by atoms with Crippen molar-refractivity contribution in [1.82, 2.24) is 9.97 Å². The molecule has 38 valence electrons. The van der Waals surface area contributed by atoms with Crippen LogP contribution >= 0.6 is 0 Å². The third-order valence-corrected chi connectivity index (χ3v) is 3.96. The van der Waals surface area contributed by atoms with Gasteiger partial charge in [0.1, 0.15) is 0 Å². The molecule has 0 radical (unpaired) electrons. The number of nitrogens with one attached hydrogen (secondary N) is 1. The van der Waals surface area contributed by atoms with Gasteiger partial charge in [-0.25, -0.2) is 4.98 Å². The lowest BCUT2D eigenvalue weighted by Gasteiger charge is -1.78. The SMILES string of the molecule is [SiH3][SiH2]c1ncc[nH]1. The minimum Gasteiger partial charge on any atom is -0.353 e. The smallest absolute Gasteiger partial charge is 0.0828 e. The number of hydrogen-bond acceptors (Lipinski definition) is 1. The molecule has 0 unspecified atom stereocenters. The molecule has 0 atom stereocenters. The van der Waals surface area contributed by atoms with Gasteiger partial charge in [0.05, 0.1) is 14.5 Å². The fraction of sp³-hybridized carbons (Fsp3) is 0. The van der Waals surface area contributed by atoms with E-state index in [2.05, 4.69) is 9.97 Å². The summed E-state index contributed by atoms with van der Waals surface area (Å²) in [6.45, 7) is 0. The summed E-state index contributed by atoms with van der Waals surface area (Å²) in [5.74, 6) is 0. The maximum Gasteiger partial charge on any atom is 0.0828 e. The Morgan fingerprint density at radius 1 is 1.86 bits per heavy atom. The molecule has 4 heteroatoms. The van der Waals surface area contributed by atoms with Crippen LogP contribution in [-0.4, -0.2) is 28.8 Å². The second-order valence-corrected chi connectivity index (χ2v) is 4.89. The van der Waals surface area contributed by atoms with Crippen molar-refractivity contribution in [3.05, 3.63) is 12.4 Å². The van der Waals surface area contributed by atoms with Crippen LogP contribution in [0.3, 0.4) is 0 Å². The van der Waals surface area contributed by atoms with E-state index in [1.165, 1.54) is 15.2 Å². The summed E-state index contributed by atoms with van der Waals surface area (Å²) in [6, 6.07) is 0. The predicted octanol–water partition coefficient (Wildman–Crippen LogP) is -2.52. The average Bonchev–Trinajstić information content (AvgIpc) is 2.14. The van der Waals surface area contributed by atoms with E-state index in [4.69, 9.17) is 0 Å². The monoisotopic (exact) mass is 128 g/mol. The molecule has 1 N–H and O–H groups in total. The van der Waals surface area contributed by atoms with Crippen LogP contribution in [0.5, 0.6) is 0 Å². The van der Waals surface area contributed by atoms with Gasteiger partial charge in [-0.1, -0.05) is 0 Å². The molecule has 1 heterocycles. The number of rotatable bonds is 1. The van der Waals surface area contributed by atoms with Gasteiger partial charge in [0.2, 0.25) is 0 Å². The van der Waals surface area contributed by atoms with Crippen molar-refractivity contribution in [2.24, 2.45) is 0 Å². The molecule has 1 rings (SSSR count). The molecular weight excluding hydrogens is 120 g/mol. The molecule has 1 aromatic rings. The molecule has 7 heavy (non-hydrogen) atoms. The molecule has 0 aliphatic rings. The van der Waals surface area contributed by atoms with E-state index < -0.39 is 0 Å². The van der Waals surface area contributed by atoms with Gasteiger partial charge in [0.25, 0.3) is 0 Å². The van der Waals surface area contributed by atoms with Crippen LogP contribution in [0.1, 0.15) is 0 Å². The lowest BCUT2D eigenvalue weighted by Crippen LogP contribution is -2.17. The van der Waals surface area contributed by atoms with E-state index in [-0.39, 0.29) is 9.04 Å². The third kappa shape index (κ3) is 1.00. The molecule has 1 aromatic heterocycles. The Morgan fingerprint density at radius 2 is 2.71 bits per heavy atom. The molecule has 2 nitrogen and oxygen atoms in total. The number of imidazole rings is 1.